The van der Waals surface area contributed by atoms with Crippen LogP contribution in [0.2, 0.25) is 0 Å². The zero-order valence-corrected chi connectivity index (χ0v) is 10.1. The Bertz CT molecular complexity index is 395. The van der Waals surface area contributed by atoms with Crippen molar-refractivity contribution in [3.8, 4) is 11.5 Å². The number of halogens is 1. The molecule has 0 amide bonds. The number of ether oxygens (including phenoxy) is 2. The molecule has 0 aromatic heterocycles. The molecule has 0 bridgehead atoms. The molecule has 1 unspecified atom stereocenters. The van der Waals surface area contributed by atoms with Crippen LogP contribution in [0.4, 0.5) is 0 Å². The van der Waals surface area contributed by atoms with Crippen LogP contribution in [0.3, 0.4) is 0 Å². The molecule has 3 rings (SSSR count). The summed E-state index contributed by atoms with van der Waals surface area (Å²) in [4.78, 5) is 0. The highest BCUT2D eigenvalue weighted by atomic mass is 35.5. The molecule has 1 aromatic rings. The molecule has 3 nitrogen and oxygen atoms in total. The predicted molar refractivity (Wildman–Crippen MR) is 64.7 cm³/mol. The van der Waals surface area contributed by atoms with Gasteiger partial charge in [-0.25, -0.2) is 0 Å². The first-order chi connectivity index (χ1) is 7.33. The lowest BCUT2D eigenvalue weighted by atomic mass is 10.00. The molecule has 2 heterocycles. The van der Waals surface area contributed by atoms with E-state index in [-0.39, 0.29) is 12.4 Å². The molecule has 0 aliphatic carbocycles. The van der Waals surface area contributed by atoms with E-state index in [1.807, 2.05) is 0 Å². The monoisotopic (exact) mass is 241 g/mol. The van der Waals surface area contributed by atoms with E-state index in [0.29, 0.717) is 12.8 Å². The van der Waals surface area contributed by atoms with Crippen LogP contribution in [0.15, 0.2) is 12.1 Å². The van der Waals surface area contributed by atoms with Crippen molar-refractivity contribution >= 4 is 12.4 Å². The van der Waals surface area contributed by atoms with Crippen molar-refractivity contribution in [2.75, 3.05) is 13.3 Å². The minimum Gasteiger partial charge on any atom is -0.454 e. The van der Waals surface area contributed by atoms with E-state index in [9.17, 15) is 0 Å². The van der Waals surface area contributed by atoms with Gasteiger partial charge in [0.15, 0.2) is 11.5 Å². The lowest BCUT2D eigenvalue weighted by Crippen LogP contribution is -2.27. The Balaban J connectivity index is 0.000000963. The summed E-state index contributed by atoms with van der Waals surface area (Å²) in [7, 11) is 0. The van der Waals surface area contributed by atoms with Crippen molar-refractivity contribution in [1.29, 1.82) is 0 Å². The second kappa shape index (κ2) is 4.52. The van der Waals surface area contributed by atoms with Gasteiger partial charge in [-0.15, -0.1) is 12.4 Å². The molecule has 0 saturated carbocycles. The van der Waals surface area contributed by atoms with Crippen LogP contribution in [0.5, 0.6) is 11.5 Å². The Morgan fingerprint density at radius 2 is 1.88 bits per heavy atom. The highest BCUT2D eigenvalue weighted by Crippen LogP contribution is 2.35. The van der Waals surface area contributed by atoms with Gasteiger partial charge in [-0.05, 0) is 49.6 Å². The van der Waals surface area contributed by atoms with Crippen molar-refractivity contribution in [3.05, 3.63) is 23.3 Å². The second-order valence-corrected chi connectivity index (χ2v) is 4.28. The average molecular weight is 242 g/mol. The Morgan fingerprint density at radius 3 is 2.62 bits per heavy atom. The summed E-state index contributed by atoms with van der Waals surface area (Å²) in [5, 5.41) is 3.48. The van der Waals surface area contributed by atoms with Gasteiger partial charge in [-0.1, -0.05) is 0 Å². The van der Waals surface area contributed by atoms with Crippen molar-refractivity contribution in [1.82, 2.24) is 5.32 Å². The third-order valence-corrected chi connectivity index (χ3v) is 3.11. The average Bonchev–Trinajstić information content (AvgIpc) is 2.57. The number of hydrogen-bond donors (Lipinski definition) is 1. The first-order valence-corrected chi connectivity index (χ1v) is 5.48. The van der Waals surface area contributed by atoms with Gasteiger partial charge in [0.25, 0.3) is 0 Å². The Morgan fingerprint density at radius 1 is 1.19 bits per heavy atom. The minimum absolute atomic E-state index is 0. The quantitative estimate of drug-likeness (QED) is 0.753. The maximum Gasteiger partial charge on any atom is 0.231 e. The maximum atomic E-state index is 5.40. The maximum absolute atomic E-state index is 5.40. The molecule has 2 aliphatic heterocycles. The van der Waals surface area contributed by atoms with Gasteiger partial charge in [0, 0.05) is 6.04 Å². The SMILES string of the molecule is CC1Cc2cc3c(cc2CCN1)OCO3.Cl. The first kappa shape index (κ1) is 11.6. The second-order valence-electron chi connectivity index (χ2n) is 4.28. The first-order valence-electron chi connectivity index (χ1n) is 5.48. The molecule has 0 fully saturated rings. The van der Waals surface area contributed by atoms with Gasteiger partial charge < -0.3 is 14.8 Å². The van der Waals surface area contributed by atoms with E-state index < -0.39 is 0 Å². The normalized spacial score (nSPS) is 21.9. The van der Waals surface area contributed by atoms with E-state index in [1.54, 1.807) is 0 Å². The molecule has 2 aliphatic rings. The number of hydrogen-bond acceptors (Lipinski definition) is 3. The van der Waals surface area contributed by atoms with Gasteiger partial charge in [-0.3, -0.25) is 0 Å². The fraction of sp³-hybridized carbons (Fsp3) is 0.500. The summed E-state index contributed by atoms with van der Waals surface area (Å²) in [6.07, 6.45) is 2.16. The summed E-state index contributed by atoms with van der Waals surface area (Å²) in [5.41, 5.74) is 2.80. The van der Waals surface area contributed by atoms with Crippen LogP contribution >= 0.6 is 12.4 Å². The van der Waals surface area contributed by atoms with Gasteiger partial charge in [0.05, 0.1) is 0 Å². The van der Waals surface area contributed by atoms with Crippen LogP contribution in [0.25, 0.3) is 0 Å². The number of benzene rings is 1. The molecular formula is C12H16ClNO2. The van der Waals surface area contributed by atoms with Crippen LogP contribution < -0.4 is 14.8 Å². The lowest BCUT2D eigenvalue weighted by molar-refractivity contribution is 0.174. The smallest absolute Gasteiger partial charge is 0.231 e. The molecule has 1 N–H and O–H groups in total. The van der Waals surface area contributed by atoms with Crippen molar-refractivity contribution in [2.24, 2.45) is 0 Å². The Hall–Kier alpha value is -0.930. The fourth-order valence-corrected chi connectivity index (χ4v) is 2.30. The summed E-state index contributed by atoms with van der Waals surface area (Å²) < 4.78 is 10.8. The molecule has 88 valence electrons. The zero-order valence-electron chi connectivity index (χ0n) is 9.29. The van der Waals surface area contributed by atoms with E-state index in [1.165, 1.54) is 11.1 Å². The number of rotatable bonds is 0. The summed E-state index contributed by atoms with van der Waals surface area (Å²) >= 11 is 0. The summed E-state index contributed by atoms with van der Waals surface area (Å²) in [6.45, 7) is 3.64. The van der Waals surface area contributed by atoms with Gasteiger partial charge in [0.1, 0.15) is 0 Å². The topological polar surface area (TPSA) is 30.5 Å². The standard InChI is InChI=1S/C12H15NO2.ClH/c1-8-4-10-6-12-11(14-7-15-12)5-9(10)2-3-13-8;/h5-6,8,13H,2-4,7H2,1H3;1H. The lowest BCUT2D eigenvalue weighted by Gasteiger charge is -2.09. The Labute approximate surface area is 102 Å². The molecule has 1 atom stereocenters. The van der Waals surface area contributed by atoms with Crippen LogP contribution in [0, 0.1) is 0 Å². The van der Waals surface area contributed by atoms with Gasteiger partial charge >= 0.3 is 0 Å². The molecule has 0 radical (unpaired) electrons. The molecule has 1 aromatic carbocycles. The number of fused-ring (bicyclic) bond motifs is 2. The summed E-state index contributed by atoms with van der Waals surface area (Å²) in [5.74, 6) is 1.81. The third kappa shape index (κ3) is 1.97. The number of nitrogens with one attached hydrogen (secondary N) is 1. The molecule has 16 heavy (non-hydrogen) atoms. The van der Waals surface area contributed by atoms with Crippen LogP contribution in [-0.2, 0) is 12.8 Å². The highest BCUT2D eigenvalue weighted by Gasteiger charge is 2.19. The van der Waals surface area contributed by atoms with Crippen molar-refractivity contribution < 1.29 is 9.47 Å². The van der Waals surface area contributed by atoms with Gasteiger partial charge in [-0.2, -0.15) is 0 Å². The fourth-order valence-electron chi connectivity index (χ4n) is 2.30. The summed E-state index contributed by atoms with van der Waals surface area (Å²) in [6, 6.07) is 4.82. The minimum atomic E-state index is 0. The van der Waals surface area contributed by atoms with Crippen molar-refractivity contribution in [3.63, 3.8) is 0 Å². The van der Waals surface area contributed by atoms with Crippen molar-refractivity contribution in [2.45, 2.75) is 25.8 Å². The predicted octanol–water partition coefficient (Wildman–Crippen LogP) is 1.91. The third-order valence-electron chi connectivity index (χ3n) is 3.11. The Kier molecular flexibility index (Phi) is 3.26. The van der Waals surface area contributed by atoms with E-state index in [2.05, 4.69) is 24.4 Å². The highest BCUT2D eigenvalue weighted by molar-refractivity contribution is 5.85. The van der Waals surface area contributed by atoms with E-state index >= 15 is 0 Å². The van der Waals surface area contributed by atoms with Gasteiger partial charge in [0.2, 0.25) is 6.79 Å². The molecule has 0 spiro atoms. The van der Waals surface area contributed by atoms with Crippen LogP contribution in [0.1, 0.15) is 18.1 Å². The molecule has 4 heteroatoms. The van der Waals surface area contributed by atoms with Crippen LogP contribution in [-0.4, -0.2) is 19.4 Å². The zero-order chi connectivity index (χ0) is 10.3. The molecule has 0 saturated heterocycles. The van der Waals surface area contributed by atoms with E-state index in [4.69, 9.17) is 9.47 Å². The molecular weight excluding hydrogens is 226 g/mol. The van der Waals surface area contributed by atoms with E-state index in [0.717, 1.165) is 30.9 Å². The largest absolute Gasteiger partial charge is 0.454 e.